The van der Waals surface area contributed by atoms with Gasteiger partial charge in [0.25, 0.3) is 5.91 Å². The molecule has 2 fully saturated rings. The summed E-state index contributed by atoms with van der Waals surface area (Å²) >= 11 is 0. The zero-order valence-corrected chi connectivity index (χ0v) is 16.6. The van der Waals surface area contributed by atoms with Gasteiger partial charge in [0.05, 0.1) is 6.20 Å². The Kier molecular flexibility index (Phi) is 4.54. The fourth-order valence-electron chi connectivity index (χ4n) is 3.39. The number of urea groups is 1. The van der Waals surface area contributed by atoms with Crippen molar-refractivity contribution in [1.82, 2.24) is 25.2 Å². The van der Waals surface area contributed by atoms with E-state index in [-0.39, 0.29) is 17.6 Å². The number of aromatic nitrogens is 3. The van der Waals surface area contributed by atoms with Crippen LogP contribution in [0.2, 0.25) is 0 Å². The smallest absolute Gasteiger partial charge is 0.326 e. The quantitative estimate of drug-likeness (QED) is 0.360. The van der Waals surface area contributed by atoms with E-state index in [9.17, 15) is 14.0 Å². The summed E-state index contributed by atoms with van der Waals surface area (Å²) < 4.78 is 14.9. The van der Waals surface area contributed by atoms with E-state index >= 15 is 0 Å². The molecular formula is C21H20FN7O2. The monoisotopic (exact) mass is 421 g/mol. The predicted molar refractivity (Wildman–Crippen MR) is 113 cm³/mol. The maximum Gasteiger partial charge on any atom is 0.326 e. The Morgan fingerprint density at radius 2 is 2.00 bits per heavy atom. The van der Waals surface area contributed by atoms with Gasteiger partial charge in [0, 0.05) is 23.7 Å². The van der Waals surface area contributed by atoms with Crippen LogP contribution in [0, 0.1) is 5.82 Å². The minimum absolute atomic E-state index is 0.117. The molecule has 2 aromatic heterocycles. The van der Waals surface area contributed by atoms with E-state index in [1.807, 2.05) is 13.0 Å². The van der Waals surface area contributed by atoms with Crippen LogP contribution in [-0.2, 0) is 4.79 Å². The molecule has 1 aromatic carbocycles. The van der Waals surface area contributed by atoms with E-state index in [2.05, 4.69) is 31.3 Å². The third-order valence-corrected chi connectivity index (χ3v) is 5.18. The van der Waals surface area contributed by atoms with Crippen molar-refractivity contribution in [2.75, 3.05) is 10.6 Å². The SMILES string of the molecule is C[C@H](Nc1cc(NC2CC2)n2ncc(/C=C3\NC(=O)NC3=O)c2n1)c1ccc(F)cc1. The molecule has 0 spiro atoms. The molecule has 10 heteroatoms. The third kappa shape index (κ3) is 3.91. The summed E-state index contributed by atoms with van der Waals surface area (Å²) in [6, 6.07) is 7.88. The number of carbonyl (C=O) groups is 2. The number of amides is 3. The third-order valence-electron chi connectivity index (χ3n) is 5.18. The lowest BCUT2D eigenvalue weighted by molar-refractivity contribution is -0.115. The van der Waals surface area contributed by atoms with Gasteiger partial charge in [-0.2, -0.15) is 9.61 Å². The molecule has 1 aliphatic carbocycles. The van der Waals surface area contributed by atoms with Gasteiger partial charge in [0.1, 0.15) is 23.1 Å². The van der Waals surface area contributed by atoms with Crippen LogP contribution in [0.25, 0.3) is 11.7 Å². The fraction of sp³-hybridized carbons (Fsp3) is 0.238. The van der Waals surface area contributed by atoms with Gasteiger partial charge < -0.3 is 16.0 Å². The maximum absolute atomic E-state index is 13.2. The molecule has 0 radical (unpaired) electrons. The van der Waals surface area contributed by atoms with Crippen molar-refractivity contribution in [2.24, 2.45) is 0 Å². The van der Waals surface area contributed by atoms with Gasteiger partial charge in [0.15, 0.2) is 5.65 Å². The van der Waals surface area contributed by atoms with Crippen LogP contribution >= 0.6 is 0 Å². The minimum Gasteiger partial charge on any atom is -0.367 e. The summed E-state index contributed by atoms with van der Waals surface area (Å²) in [5.74, 6) is 0.588. The first-order valence-corrected chi connectivity index (χ1v) is 9.97. The average Bonchev–Trinajstić information content (AvgIpc) is 3.37. The van der Waals surface area contributed by atoms with E-state index in [0.717, 1.165) is 24.2 Å². The van der Waals surface area contributed by atoms with E-state index in [1.165, 1.54) is 12.1 Å². The maximum atomic E-state index is 13.2. The second-order valence-electron chi connectivity index (χ2n) is 7.66. The van der Waals surface area contributed by atoms with Gasteiger partial charge in [-0.05, 0) is 43.5 Å². The zero-order chi connectivity index (χ0) is 21.5. The molecule has 3 amide bonds. The largest absolute Gasteiger partial charge is 0.367 e. The average molecular weight is 421 g/mol. The molecule has 4 N–H and O–H groups in total. The van der Waals surface area contributed by atoms with Crippen LogP contribution in [0.4, 0.5) is 20.8 Å². The van der Waals surface area contributed by atoms with Crippen molar-refractivity contribution in [3.8, 4) is 0 Å². The van der Waals surface area contributed by atoms with Crippen LogP contribution in [0.1, 0.15) is 36.9 Å². The molecule has 1 saturated heterocycles. The summed E-state index contributed by atoms with van der Waals surface area (Å²) in [5.41, 5.74) is 2.17. The molecule has 9 nitrogen and oxygen atoms in total. The molecule has 1 atom stereocenters. The van der Waals surface area contributed by atoms with Gasteiger partial charge >= 0.3 is 6.03 Å². The van der Waals surface area contributed by atoms with Crippen LogP contribution in [0.5, 0.6) is 0 Å². The Morgan fingerprint density at radius 3 is 2.68 bits per heavy atom. The lowest BCUT2D eigenvalue weighted by Gasteiger charge is -2.17. The summed E-state index contributed by atoms with van der Waals surface area (Å²) in [6.45, 7) is 1.96. The molecule has 0 unspecified atom stereocenters. The van der Waals surface area contributed by atoms with Crippen LogP contribution in [0.3, 0.4) is 0 Å². The Labute approximate surface area is 176 Å². The Morgan fingerprint density at radius 1 is 1.23 bits per heavy atom. The molecule has 3 heterocycles. The highest BCUT2D eigenvalue weighted by Gasteiger charge is 2.25. The summed E-state index contributed by atoms with van der Waals surface area (Å²) in [7, 11) is 0. The number of hydrogen-bond donors (Lipinski definition) is 4. The topological polar surface area (TPSA) is 112 Å². The molecule has 31 heavy (non-hydrogen) atoms. The summed E-state index contributed by atoms with van der Waals surface area (Å²) in [5, 5.41) is 15.8. The summed E-state index contributed by atoms with van der Waals surface area (Å²) in [6.07, 6.45) is 5.31. The minimum atomic E-state index is -0.563. The van der Waals surface area contributed by atoms with Gasteiger partial charge in [0.2, 0.25) is 0 Å². The van der Waals surface area contributed by atoms with Gasteiger partial charge in [-0.3, -0.25) is 10.1 Å². The number of fused-ring (bicyclic) bond motifs is 1. The Bertz CT molecular complexity index is 1210. The van der Waals surface area contributed by atoms with Crippen LogP contribution in [-0.4, -0.2) is 32.6 Å². The lowest BCUT2D eigenvalue weighted by Crippen LogP contribution is -2.22. The highest BCUT2D eigenvalue weighted by molar-refractivity contribution is 6.14. The highest BCUT2D eigenvalue weighted by atomic mass is 19.1. The van der Waals surface area contributed by atoms with E-state index in [0.29, 0.717) is 23.1 Å². The number of anilines is 2. The second-order valence-corrected chi connectivity index (χ2v) is 7.66. The number of hydrogen-bond acceptors (Lipinski definition) is 6. The van der Waals surface area contributed by atoms with Crippen LogP contribution < -0.4 is 21.3 Å². The van der Waals surface area contributed by atoms with Gasteiger partial charge in [-0.1, -0.05) is 12.1 Å². The number of nitrogens with zero attached hydrogens (tertiary/aromatic N) is 3. The zero-order valence-electron chi connectivity index (χ0n) is 16.6. The summed E-state index contributed by atoms with van der Waals surface area (Å²) in [4.78, 5) is 28.0. The van der Waals surface area contributed by atoms with Gasteiger partial charge in [-0.25, -0.2) is 14.2 Å². The first kappa shape index (κ1) is 19.0. The number of benzene rings is 1. The molecule has 158 valence electrons. The molecule has 5 rings (SSSR count). The van der Waals surface area contributed by atoms with Crippen molar-refractivity contribution in [3.05, 3.63) is 59.2 Å². The number of halogens is 1. The van der Waals surface area contributed by atoms with Crippen molar-refractivity contribution < 1.29 is 14.0 Å². The van der Waals surface area contributed by atoms with Crippen molar-refractivity contribution >= 4 is 35.3 Å². The highest BCUT2D eigenvalue weighted by Crippen LogP contribution is 2.28. The van der Waals surface area contributed by atoms with E-state index in [1.54, 1.807) is 28.9 Å². The second kappa shape index (κ2) is 7.38. The number of carbonyl (C=O) groups excluding carboxylic acids is 2. The van der Waals surface area contributed by atoms with Crippen LogP contribution in [0.15, 0.2) is 42.2 Å². The molecule has 2 aliphatic rings. The molecule has 1 saturated carbocycles. The van der Waals surface area contributed by atoms with E-state index in [4.69, 9.17) is 0 Å². The van der Waals surface area contributed by atoms with Crippen molar-refractivity contribution in [2.45, 2.75) is 31.8 Å². The van der Waals surface area contributed by atoms with E-state index < -0.39 is 11.9 Å². The molecule has 1 aliphatic heterocycles. The number of imide groups is 1. The molecular weight excluding hydrogens is 401 g/mol. The normalized spacial score (nSPS) is 18.2. The fourth-order valence-corrected chi connectivity index (χ4v) is 3.39. The standard InChI is InChI=1S/C21H20FN7O2/c1-11(12-2-4-14(22)5-3-12)24-17-9-18(25-15-6-7-15)29-19(27-17)13(10-23-29)8-16-20(30)28-21(31)26-16/h2-5,8-11,15,25H,6-7H2,1H3,(H,24,27)(H2,26,28,30,31)/b16-8-/t11-/m0/s1. The van der Waals surface area contributed by atoms with Gasteiger partial charge in [-0.15, -0.1) is 0 Å². The molecule has 0 bridgehead atoms. The first-order valence-electron chi connectivity index (χ1n) is 9.97. The number of nitrogens with one attached hydrogen (secondary N) is 4. The lowest BCUT2D eigenvalue weighted by atomic mass is 10.1. The van der Waals surface area contributed by atoms with Crippen molar-refractivity contribution in [1.29, 1.82) is 0 Å². The Balaban J connectivity index is 1.52. The first-order chi connectivity index (χ1) is 15.0. The molecule has 3 aromatic rings. The van der Waals surface area contributed by atoms with Crippen molar-refractivity contribution in [3.63, 3.8) is 0 Å². The number of rotatable bonds is 6. The predicted octanol–water partition coefficient (Wildman–Crippen LogP) is 2.80. The Hall–Kier alpha value is -3.95.